The number of hydrogen-bond acceptors (Lipinski definition) is 5. The zero-order valence-corrected chi connectivity index (χ0v) is 15.6. The van der Waals surface area contributed by atoms with E-state index in [1.807, 2.05) is 6.07 Å². The number of hydrogen-bond donors (Lipinski definition) is 1. The van der Waals surface area contributed by atoms with E-state index in [1.54, 1.807) is 24.3 Å². The van der Waals surface area contributed by atoms with Gasteiger partial charge in [0, 0.05) is 50.5 Å². The fourth-order valence-electron chi connectivity index (χ4n) is 3.17. The van der Waals surface area contributed by atoms with E-state index in [2.05, 4.69) is 44.1 Å². The normalized spacial score (nSPS) is 14.6. The summed E-state index contributed by atoms with van der Waals surface area (Å²) in [7, 11) is 1.34. The molecule has 1 fully saturated rings. The quantitative estimate of drug-likeness (QED) is 0.792. The van der Waals surface area contributed by atoms with Crippen molar-refractivity contribution in [3.8, 4) is 0 Å². The first-order chi connectivity index (χ1) is 13.2. The predicted octanol–water partition coefficient (Wildman–Crippen LogP) is 2.03. The third-order valence-corrected chi connectivity index (χ3v) is 4.78. The largest absolute Gasteiger partial charge is 0.465 e. The summed E-state index contributed by atoms with van der Waals surface area (Å²) >= 11 is 0. The smallest absolute Gasteiger partial charge is 0.337 e. The number of piperazine rings is 1. The number of nitrogens with one attached hydrogen (secondary N) is 1. The van der Waals surface area contributed by atoms with E-state index < -0.39 is 5.97 Å². The van der Waals surface area contributed by atoms with Crippen molar-refractivity contribution in [2.75, 3.05) is 51.3 Å². The average molecular weight is 367 g/mol. The Labute approximate surface area is 159 Å². The van der Waals surface area contributed by atoms with Crippen LogP contribution in [-0.4, -0.2) is 63.2 Å². The van der Waals surface area contributed by atoms with Crippen LogP contribution < -0.4 is 10.2 Å². The lowest BCUT2D eigenvalue weighted by Crippen LogP contribution is -2.48. The van der Waals surface area contributed by atoms with E-state index in [0.29, 0.717) is 17.7 Å². The van der Waals surface area contributed by atoms with Crippen LogP contribution in [0.3, 0.4) is 0 Å². The fraction of sp³-hybridized carbons (Fsp3) is 0.333. The Morgan fingerprint density at radius 3 is 2.19 bits per heavy atom. The van der Waals surface area contributed by atoms with Crippen molar-refractivity contribution < 1.29 is 14.3 Å². The van der Waals surface area contributed by atoms with Crippen LogP contribution in [0.15, 0.2) is 54.6 Å². The van der Waals surface area contributed by atoms with Crippen LogP contribution in [0.1, 0.15) is 20.7 Å². The first-order valence-electron chi connectivity index (χ1n) is 9.16. The Kier molecular flexibility index (Phi) is 6.44. The SMILES string of the molecule is COC(=O)c1ccc(C(=O)NCCN2CCN(c3ccccc3)CC2)cc1. The monoisotopic (exact) mass is 367 g/mol. The molecule has 0 radical (unpaired) electrons. The van der Waals surface area contributed by atoms with E-state index in [-0.39, 0.29) is 5.91 Å². The van der Waals surface area contributed by atoms with Gasteiger partial charge in [-0.3, -0.25) is 9.69 Å². The standard InChI is InChI=1S/C21H25N3O3/c1-27-21(26)18-9-7-17(8-10-18)20(25)22-11-12-23-13-15-24(16-14-23)19-5-3-2-4-6-19/h2-10H,11-16H2,1H3,(H,22,25). The number of rotatable bonds is 6. The molecule has 1 N–H and O–H groups in total. The Balaban J connectivity index is 1.40. The molecule has 1 aliphatic heterocycles. The summed E-state index contributed by atoms with van der Waals surface area (Å²) in [4.78, 5) is 28.4. The predicted molar refractivity (Wildman–Crippen MR) is 105 cm³/mol. The van der Waals surface area contributed by atoms with Crippen molar-refractivity contribution >= 4 is 17.6 Å². The number of amides is 1. The van der Waals surface area contributed by atoms with E-state index in [0.717, 1.165) is 32.7 Å². The number of benzene rings is 2. The second kappa shape index (κ2) is 9.19. The van der Waals surface area contributed by atoms with Gasteiger partial charge in [-0.25, -0.2) is 4.79 Å². The summed E-state index contributed by atoms with van der Waals surface area (Å²) in [5.74, 6) is -0.536. The maximum Gasteiger partial charge on any atom is 0.337 e. The molecule has 1 saturated heterocycles. The lowest BCUT2D eigenvalue weighted by Gasteiger charge is -2.36. The van der Waals surface area contributed by atoms with Gasteiger partial charge in [0.05, 0.1) is 12.7 Å². The van der Waals surface area contributed by atoms with Gasteiger partial charge in [0.1, 0.15) is 0 Å². The molecule has 0 spiro atoms. The number of anilines is 1. The maximum atomic E-state index is 12.2. The van der Waals surface area contributed by atoms with Gasteiger partial charge in [-0.2, -0.15) is 0 Å². The Morgan fingerprint density at radius 1 is 0.926 bits per heavy atom. The van der Waals surface area contributed by atoms with Crippen LogP contribution in [0, 0.1) is 0 Å². The Morgan fingerprint density at radius 2 is 1.56 bits per heavy atom. The van der Waals surface area contributed by atoms with Gasteiger partial charge in [-0.1, -0.05) is 18.2 Å². The third kappa shape index (κ3) is 5.08. The zero-order valence-electron chi connectivity index (χ0n) is 15.6. The zero-order chi connectivity index (χ0) is 19.1. The molecule has 1 aliphatic rings. The van der Waals surface area contributed by atoms with Gasteiger partial charge in [0.2, 0.25) is 0 Å². The molecule has 0 unspecified atom stereocenters. The van der Waals surface area contributed by atoms with Gasteiger partial charge in [0.15, 0.2) is 0 Å². The van der Waals surface area contributed by atoms with E-state index in [4.69, 9.17) is 0 Å². The highest BCUT2D eigenvalue weighted by atomic mass is 16.5. The molecule has 3 rings (SSSR count). The highest BCUT2D eigenvalue weighted by Crippen LogP contribution is 2.15. The van der Waals surface area contributed by atoms with E-state index >= 15 is 0 Å². The molecule has 1 amide bonds. The summed E-state index contributed by atoms with van der Waals surface area (Å²) < 4.78 is 4.66. The van der Waals surface area contributed by atoms with Gasteiger partial charge in [0.25, 0.3) is 5.91 Å². The Hall–Kier alpha value is -2.86. The van der Waals surface area contributed by atoms with Crippen LogP contribution in [0.2, 0.25) is 0 Å². The molecule has 0 saturated carbocycles. The molecule has 0 atom stereocenters. The van der Waals surface area contributed by atoms with Crippen molar-refractivity contribution in [3.05, 3.63) is 65.7 Å². The first kappa shape index (κ1) is 18.9. The fourth-order valence-corrected chi connectivity index (χ4v) is 3.17. The molecule has 0 bridgehead atoms. The van der Waals surface area contributed by atoms with Crippen molar-refractivity contribution in [1.29, 1.82) is 0 Å². The van der Waals surface area contributed by atoms with Crippen LogP contribution in [-0.2, 0) is 4.74 Å². The van der Waals surface area contributed by atoms with Crippen molar-refractivity contribution in [1.82, 2.24) is 10.2 Å². The summed E-state index contributed by atoms with van der Waals surface area (Å²) in [6.45, 7) is 5.38. The highest BCUT2D eigenvalue weighted by Gasteiger charge is 2.17. The number of nitrogens with zero attached hydrogens (tertiary/aromatic N) is 2. The number of esters is 1. The summed E-state index contributed by atoms with van der Waals surface area (Å²) in [6.07, 6.45) is 0. The van der Waals surface area contributed by atoms with Gasteiger partial charge in [-0.15, -0.1) is 0 Å². The van der Waals surface area contributed by atoms with Gasteiger partial charge >= 0.3 is 5.97 Å². The number of carbonyl (C=O) groups is 2. The van der Waals surface area contributed by atoms with Crippen LogP contribution >= 0.6 is 0 Å². The molecule has 2 aromatic carbocycles. The minimum absolute atomic E-state index is 0.130. The lowest BCUT2D eigenvalue weighted by molar-refractivity contribution is 0.0600. The average Bonchev–Trinajstić information content (AvgIpc) is 2.74. The molecule has 27 heavy (non-hydrogen) atoms. The number of para-hydroxylation sites is 1. The number of methoxy groups -OCH3 is 1. The Bertz CT molecular complexity index is 754. The van der Waals surface area contributed by atoms with Crippen LogP contribution in [0.25, 0.3) is 0 Å². The molecule has 0 aromatic heterocycles. The van der Waals surface area contributed by atoms with Crippen LogP contribution in [0.5, 0.6) is 0 Å². The minimum Gasteiger partial charge on any atom is -0.465 e. The highest BCUT2D eigenvalue weighted by molar-refractivity contribution is 5.96. The van der Waals surface area contributed by atoms with Crippen molar-refractivity contribution in [3.63, 3.8) is 0 Å². The van der Waals surface area contributed by atoms with E-state index in [9.17, 15) is 9.59 Å². The van der Waals surface area contributed by atoms with Crippen LogP contribution in [0.4, 0.5) is 5.69 Å². The molecular formula is C21H25N3O3. The van der Waals surface area contributed by atoms with Crippen molar-refractivity contribution in [2.24, 2.45) is 0 Å². The minimum atomic E-state index is -0.406. The maximum absolute atomic E-state index is 12.2. The number of ether oxygens (including phenoxy) is 1. The second-order valence-electron chi connectivity index (χ2n) is 6.49. The third-order valence-electron chi connectivity index (χ3n) is 4.78. The molecule has 142 valence electrons. The van der Waals surface area contributed by atoms with E-state index in [1.165, 1.54) is 12.8 Å². The summed E-state index contributed by atoms with van der Waals surface area (Å²) in [5, 5.41) is 2.94. The number of carbonyl (C=O) groups excluding carboxylic acids is 2. The molecular weight excluding hydrogens is 342 g/mol. The first-order valence-corrected chi connectivity index (χ1v) is 9.16. The summed E-state index contributed by atoms with van der Waals surface area (Å²) in [6, 6.07) is 16.9. The second-order valence-corrected chi connectivity index (χ2v) is 6.49. The molecule has 0 aliphatic carbocycles. The molecule has 1 heterocycles. The molecule has 6 heteroatoms. The topological polar surface area (TPSA) is 61.9 Å². The lowest BCUT2D eigenvalue weighted by atomic mass is 10.1. The molecule has 2 aromatic rings. The molecule has 6 nitrogen and oxygen atoms in total. The van der Waals surface area contributed by atoms with Crippen molar-refractivity contribution in [2.45, 2.75) is 0 Å². The van der Waals surface area contributed by atoms with Gasteiger partial charge < -0.3 is 15.0 Å². The summed E-state index contributed by atoms with van der Waals surface area (Å²) in [5.41, 5.74) is 2.24. The van der Waals surface area contributed by atoms with Gasteiger partial charge in [-0.05, 0) is 36.4 Å².